The maximum Gasteiger partial charge on any atom is 0.317 e. The average Bonchev–Trinajstić information content (AvgIpc) is 2.71. The lowest BCUT2D eigenvalue weighted by atomic mass is 10.2. The third kappa shape index (κ3) is 10.3. The van der Waals surface area contributed by atoms with Crippen molar-refractivity contribution in [3.05, 3.63) is 7.05 Å². The van der Waals surface area contributed by atoms with Crippen molar-refractivity contribution in [3.8, 4) is 0 Å². The lowest BCUT2D eigenvalue weighted by Gasteiger charge is -2.32. The topological polar surface area (TPSA) is 108 Å². The van der Waals surface area contributed by atoms with Crippen molar-refractivity contribution >= 4 is 17.8 Å². The molecule has 0 aromatic heterocycles. The fraction of sp³-hybridized carbons (Fsp3) is 0.800. The molecule has 30 heavy (non-hydrogen) atoms. The number of carboxylic acids is 1. The molecule has 1 saturated heterocycles. The van der Waals surface area contributed by atoms with Crippen molar-refractivity contribution in [2.24, 2.45) is 0 Å². The number of rotatable bonds is 8. The molecule has 172 valence electrons. The number of hydrogen-bond donors (Lipinski definition) is 3. The highest BCUT2D eigenvalue weighted by Gasteiger charge is 2.21. The van der Waals surface area contributed by atoms with Gasteiger partial charge in [0.05, 0.1) is 13.1 Å². The first-order valence-corrected chi connectivity index (χ1v) is 10.7. The van der Waals surface area contributed by atoms with Crippen molar-refractivity contribution in [1.29, 1.82) is 0 Å². The Labute approximate surface area is 180 Å². The monoisotopic (exact) mass is 426 g/mol. The predicted octanol–water partition coefficient (Wildman–Crippen LogP) is -1.38. The minimum atomic E-state index is -0.886. The number of carbonyl (C=O) groups is 3. The Kier molecular flexibility index (Phi) is 12.5. The van der Waals surface area contributed by atoms with Gasteiger partial charge in [0, 0.05) is 66.5 Å². The summed E-state index contributed by atoms with van der Waals surface area (Å²) in [4.78, 5) is 43.5. The second-order valence-electron chi connectivity index (χ2n) is 7.56. The molecule has 0 aromatic carbocycles. The summed E-state index contributed by atoms with van der Waals surface area (Å²) in [5.41, 5.74) is 0. The molecule has 0 aromatic rings. The van der Waals surface area contributed by atoms with Gasteiger partial charge in [-0.05, 0) is 13.0 Å². The number of carboxylic acid groups (broad SMARTS) is 1. The second kappa shape index (κ2) is 14.3. The number of likely N-dealkylation sites (N-methyl/N-ethyl adjacent to an activating group) is 2. The summed E-state index contributed by atoms with van der Waals surface area (Å²) >= 11 is 0. The number of hydrogen-bond acceptors (Lipinski definition) is 7. The van der Waals surface area contributed by atoms with Crippen LogP contribution in [-0.4, -0.2) is 128 Å². The van der Waals surface area contributed by atoms with Crippen LogP contribution in [-0.2, 0) is 14.4 Å². The highest BCUT2D eigenvalue weighted by Crippen LogP contribution is 2.01. The molecule has 10 nitrogen and oxygen atoms in total. The van der Waals surface area contributed by atoms with Crippen LogP contribution in [0.25, 0.3) is 0 Å². The molecule has 3 N–H and O–H groups in total. The van der Waals surface area contributed by atoms with Crippen molar-refractivity contribution in [3.63, 3.8) is 0 Å². The molecule has 0 bridgehead atoms. The van der Waals surface area contributed by atoms with E-state index in [9.17, 15) is 19.5 Å². The standard InChI is InChI=1S/C20H38N6O4/c1-5-17(20(30)21-3)22-18(27)15-25-12-11-24(6-2)9-7-23(4)8-10-26(14-13-25)16-19(28)29/h4,17H,5-16H2,1-3H3,(H,21,30)(H,22,27)(H,28,29)/t17-/m1/s1. The van der Waals surface area contributed by atoms with Gasteiger partial charge in [0.15, 0.2) is 0 Å². The fourth-order valence-corrected chi connectivity index (χ4v) is 3.35. The van der Waals surface area contributed by atoms with E-state index in [-0.39, 0.29) is 24.9 Å². The van der Waals surface area contributed by atoms with Crippen molar-refractivity contribution in [2.75, 3.05) is 79.0 Å². The Morgan fingerprint density at radius 3 is 1.90 bits per heavy atom. The summed E-state index contributed by atoms with van der Waals surface area (Å²) in [6.45, 7) is 10.1. The van der Waals surface area contributed by atoms with Crippen LogP contribution in [0.4, 0.5) is 0 Å². The number of amides is 2. The van der Waals surface area contributed by atoms with Crippen LogP contribution in [0.2, 0.25) is 0 Å². The van der Waals surface area contributed by atoms with Gasteiger partial charge in [0.1, 0.15) is 6.04 Å². The van der Waals surface area contributed by atoms with E-state index in [4.69, 9.17) is 7.05 Å². The third-order valence-electron chi connectivity index (χ3n) is 5.35. The van der Waals surface area contributed by atoms with Crippen LogP contribution in [0, 0.1) is 7.05 Å². The van der Waals surface area contributed by atoms with Crippen molar-refractivity contribution in [1.82, 2.24) is 30.2 Å². The normalized spacial score (nSPS) is 20.0. The zero-order valence-corrected chi connectivity index (χ0v) is 18.6. The van der Waals surface area contributed by atoms with Gasteiger partial charge in [-0.25, -0.2) is 0 Å². The number of aliphatic carboxylic acids is 1. The van der Waals surface area contributed by atoms with E-state index in [1.54, 1.807) is 11.9 Å². The second-order valence-corrected chi connectivity index (χ2v) is 7.56. The minimum absolute atomic E-state index is 0.0659. The van der Waals surface area contributed by atoms with Gasteiger partial charge < -0.3 is 20.6 Å². The molecule has 1 aliphatic heterocycles. The Morgan fingerprint density at radius 2 is 1.40 bits per heavy atom. The van der Waals surface area contributed by atoms with Gasteiger partial charge in [-0.2, -0.15) is 0 Å². The molecule has 1 atom stereocenters. The molecule has 0 unspecified atom stereocenters. The van der Waals surface area contributed by atoms with E-state index in [1.807, 2.05) is 16.7 Å². The SMILES string of the molecule is [CH]N1CCN(CC)CCN(CC(=O)N[C@H](CC)C(=O)NC)CCN(CC(=O)O)CC1. The summed E-state index contributed by atoms with van der Waals surface area (Å²) < 4.78 is 0. The van der Waals surface area contributed by atoms with Crippen LogP contribution in [0.15, 0.2) is 0 Å². The van der Waals surface area contributed by atoms with E-state index in [0.717, 1.165) is 19.6 Å². The molecule has 2 amide bonds. The van der Waals surface area contributed by atoms with Gasteiger partial charge in [0.2, 0.25) is 11.8 Å². The molecule has 1 fully saturated rings. The lowest BCUT2D eigenvalue weighted by Crippen LogP contribution is -2.51. The maximum absolute atomic E-state index is 12.6. The Hall–Kier alpha value is -1.75. The summed E-state index contributed by atoms with van der Waals surface area (Å²) in [6, 6.07) is -0.555. The summed E-state index contributed by atoms with van der Waals surface area (Å²) in [6.07, 6.45) is 0.511. The van der Waals surface area contributed by atoms with Crippen LogP contribution >= 0.6 is 0 Å². The number of nitrogens with one attached hydrogen (secondary N) is 2. The van der Waals surface area contributed by atoms with Crippen molar-refractivity contribution < 1.29 is 19.5 Å². The summed E-state index contributed by atoms with van der Waals surface area (Å²) in [5, 5.41) is 14.5. The first-order chi connectivity index (χ1) is 14.3. The van der Waals surface area contributed by atoms with Crippen LogP contribution in [0.1, 0.15) is 20.3 Å². The Balaban J connectivity index is 2.79. The van der Waals surface area contributed by atoms with E-state index in [2.05, 4.69) is 22.5 Å². The number of carbonyl (C=O) groups excluding carboxylic acids is 2. The quantitative estimate of drug-likeness (QED) is 0.436. The molecule has 0 spiro atoms. The molecule has 1 aliphatic rings. The van der Waals surface area contributed by atoms with Gasteiger partial charge in [0.25, 0.3) is 0 Å². The molecule has 2 radical (unpaired) electrons. The molecular weight excluding hydrogens is 388 g/mol. The van der Waals surface area contributed by atoms with Gasteiger partial charge >= 0.3 is 5.97 Å². The van der Waals surface area contributed by atoms with Gasteiger partial charge in [-0.15, -0.1) is 0 Å². The first-order valence-electron chi connectivity index (χ1n) is 10.7. The predicted molar refractivity (Wildman–Crippen MR) is 115 cm³/mol. The molecule has 10 heteroatoms. The van der Waals surface area contributed by atoms with Crippen LogP contribution in [0.5, 0.6) is 0 Å². The molecular formula is C20H38N6O4. The van der Waals surface area contributed by atoms with Gasteiger partial charge in [-0.1, -0.05) is 13.8 Å². The van der Waals surface area contributed by atoms with E-state index < -0.39 is 12.0 Å². The largest absolute Gasteiger partial charge is 0.480 e. The Morgan fingerprint density at radius 1 is 0.900 bits per heavy atom. The maximum atomic E-state index is 12.6. The van der Waals surface area contributed by atoms with E-state index in [1.165, 1.54) is 0 Å². The molecule has 0 saturated carbocycles. The van der Waals surface area contributed by atoms with E-state index in [0.29, 0.717) is 45.7 Å². The van der Waals surface area contributed by atoms with Crippen LogP contribution < -0.4 is 10.6 Å². The zero-order valence-electron chi connectivity index (χ0n) is 18.6. The van der Waals surface area contributed by atoms with Crippen molar-refractivity contribution in [2.45, 2.75) is 26.3 Å². The number of nitrogens with zero attached hydrogens (tertiary/aromatic N) is 4. The average molecular weight is 427 g/mol. The van der Waals surface area contributed by atoms with Crippen LogP contribution in [0.3, 0.4) is 0 Å². The summed E-state index contributed by atoms with van der Waals surface area (Å²) in [5.74, 6) is -1.31. The van der Waals surface area contributed by atoms with E-state index >= 15 is 0 Å². The molecule has 1 heterocycles. The lowest BCUT2D eigenvalue weighted by molar-refractivity contribution is -0.138. The zero-order chi connectivity index (χ0) is 22.5. The minimum Gasteiger partial charge on any atom is -0.480 e. The third-order valence-corrected chi connectivity index (χ3v) is 5.35. The smallest absolute Gasteiger partial charge is 0.317 e. The van der Waals surface area contributed by atoms with Gasteiger partial charge in [-0.3, -0.25) is 29.1 Å². The fourth-order valence-electron chi connectivity index (χ4n) is 3.35. The molecule has 0 aliphatic carbocycles. The highest BCUT2D eigenvalue weighted by molar-refractivity contribution is 5.88. The molecule has 1 rings (SSSR count). The highest BCUT2D eigenvalue weighted by atomic mass is 16.4. The Bertz CT molecular complexity index is 547. The first kappa shape index (κ1) is 26.3. The summed E-state index contributed by atoms with van der Waals surface area (Å²) in [7, 11) is 7.60.